The molecule has 0 fully saturated rings. The second-order valence-corrected chi connectivity index (χ2v) is 6.52. The Balaban J connectivity index is 2.65. The van der Waals surface area contributed by atoms with Crippen LogP contribution in [-0.2, 0) is 16.5 Å². The van der Waals surface area contributed by atoms with Crippen LogP contribution < -0.4 is 9.47 Å². The number of alkyl halides is 1. The zero-order valence-electron chi connectivity index (χ0n) is 12.7. The van der Waals surface area contributed by atoms with E-state index >= 15 is 0 Å². The van der Waals surface area contributed by atoms with Crippen molar-refractivity contribution < 1.29 is 14.3 Å². The summed E-state index contributed by atoms with van der Waals surface area (Å²) in [5.41, 5.74) is 4.10. The van der Waals surface area contributed by atoms with E-state index < -0.39 is 0 Å². The first-order valence-corrected chi connectivity index (χ1v) is 7.97. The van der Waals surface area contributed by atoms with E-state index in [0.29, 0.717) is 11.1 Å². The number of carbonyl (C=O) groups excluding carboxylic acids is 1. The first-order chi connectivity index (χ1) is 9.26. The lowest BCUT2D eigenvalue weighted by atomic mass is 9.88. The van der Waals surface area contributed by atoms with Crippen molar-refractivity contribution >= 4 is 21.9 Å². The van der Waals surface area contributed by atoms with Crippen LogP contribution >= 0.6 is 15.9 Å². The molecule has 0 atom stereocenters. The lowest BCUT2D eigenvalue weighted by Gasteiger charge is -2.35. The summed E-state index contributed by atoms with van der Waals surface area (Å²) < 4.78 is 11.6. The van der Waals surface area contributed by atoms with Gasteiger partial charge >= 0.3 is 5.97 Å². The molecule has 1 aromatic carbocycles. The molecule has 1 aliphatic heterocycles. The van der Waals surface area contributed by atoms with Crippen LogP contribution in [0.1, 0.15) is 49.4 Å². The maximum Gasteiger partial charge on any atom is 0.308 e. The number of rotatable bonds is 2. The molecule has 0 aliphatic carbocycles. The van der Waals surface area contributed by atoms with Gasteiger partial charge in [-0.1, -0.05) is 15.9 Å². The van der Waals surface area contributed by atoms with Crippen LogP contribution in [-0.4, -0.2) is 11.6 Å². The molecule has 1 aromatic rings. The van der Waals surface area contributed by atoms with Gasteiger partial charge in [-0.15, -0.1) is 0 Å². The predicted octanol–water partition coefficient (Wildman–Crippen LogP) is 4.23. The number of esters is 1. The van der Waals surface area contributed by atoms with Crippen molar-refractivity contribution in [1.82, 2.24) is 0 Å². The highest BCUT2D eigenvalue weighted by atomic mass is 79.9. The Bertz CT molecular complexity index is 562. The van der Waals surface area contributed by atoms with Crippen molar-refractivity contribution in [2.45, 2.75) is 58.4 Å². The highest BCUT2D eigenvalue weighted by molar-refractivity contribution is 9.08. The number of hydrogen-bond acceptors (Lipinski definition) is 3. The van der Waals surface area contributed by atoms with Gasteiger partial charge in [0.25, 0.3) is 0 Å². The average Bonchev–Trinajstić information content (AvgIpc) is 2.35. The molecule has 110 valence electrons. The molecular formula is C16H21BrO3. The summed E-state index contributed by atoms with van der Waals surface area (Å²) in [6.07, 6.45) is 1.90. The zero-order chi connectivity index (χ0) is 15.1. The normalized spacial score (nSPS) is 16.3. The van der Waals surface area contributed by atoms with E-state index in [1.807, 2.05) is 13.8 Å². The van der Waals surface area contributed by atoms with Gasteiger partial charge < -0.3 is 9.47 Å². The summed E-state index contributed by atoms with van der Waals surface area (Å²) in [6, 6.07) is 0. The maximum absolute atomic E-state index is 11.3. The van der Waals surface area contributed by atoms with Crippen molar-refractivity contribution in [3.05, 3.63) is 22.3 Å². The fourth-order valence-electron chi connectivity index (χ4n) is 2.65. The third kappa shape index (κ3) is 2.71. The number of halogens is 1. The van der Waals surface area contributed by atoms with E-state index in [9.17, 15) is 4.79 Å². The predicted molar refractivity (Wildman–Crippen MR) is 82.9 cm³/mol. The molecule has 0 bridgehead atoms. The molecule has 0 radical (unpaired) electrons. The fraction of sp³-hybridized carbons (Fsp3) is 0.562. The number of ether oxygens (including phenoxy) is 2. The van der Waals surface area contributed by atoms with Gasteiger partial charge in [0.1, 0.15) is 17.1 Å². The molecule has 0 spiro atoms. The molecule has 20 heavy (non-hydrogen) atoms. The number of carbonyl (C=O) groups is 1. The minimum atomic E-state index is -0.285. The van der Waals surface area contributed by atoms with Gasteiger partial charge in [0.05, 0.1) is 0 Å². The van der Waals surface area contributed by atoms with Crippen molar-refractivity contribution in [2.24, 2.45) is 0 Å². The number of hydrogen-bond donors (Lipinski definition) is 0. The Morgan fingerprint density at radius 2 is 2.00 bits per heavy atom. The molecule has 3 nitrogen and oxygen atoms in total. The quantitative estimate of drug-likeness (QED) is 0.459. The zero-order valence-corrected chi connectivity index (χ0v) is 14.3. The van der Waals surface area contributed by atoms with Gasteiger partial charge in [-0.2, -0.15) is 0 Å². The fourth-order valence-corrected chi connectivity index (χ4v) is 3.24. The highest BCUT2D eigenvalue weighted by Gasteiger charge is 2.32. The Labute approximate surface area is 128 Å². The van der Waals surface area contributed by atoms with Gasteiger partial charge in [-0.05, 0) is 51.7 Å². The van der Waals surface area contributed by atoms with E-state index in [4.69, 9.17) is 9.47 Å². The van der Waals surface area contributed by atoms with E-state index in [-0.39, 0.29) is 11.6 Å². The summed E-state index contributed by atoms with van der Waals surface area (Å²) in [5, 5.41) is 0.656. The molecule has 1 heterocycles. The van der Waals surface area contributed by atoms with Crippen molar-refractivity contribution in [1.29, 1.82) is 0 Å². The molecule has 0 amide bonds. The highest BCUT2D eigenvalue weighted by Crippen LogP contribution is 2.44. The van der Waals surface area contributed by atoms with Gasteiger partial charge in [-0.3, -0.25) is 4.79 Å². The molecule has 0 saturated heterocycles. The first-order valence-electron chi connectivity index (χ1n) is 6.85. The maximum atomic E-state index is 11.3. The Morgan fingerprint density at radius 3 is 2.55 bits per heavy atom. The van der Waals surface area contributed by atoms with E-state index in [0.717, 1.165) is 35.3 Å². The molecule has 0 saturated carbocycles. The van der Waals surface area contributed by atoms with Crippen molar-refractivity contribution in [3.8, 4) is 11.5 Å². The Kier molecular flexibility index (Phi) is 4.14. The van der Waals surface area contributed by atoms with E-state index in [1.54, 1.807) is 0 Å². The van der Waals surface area contributed by atoms with E-state index in [1.165, 1.54) is 12.5 Å². The molecule has 0 N–H and O–H groups in total. The molecule has 4 heteroatoms. The summed E-state index contributed by atoms with van der Waals surface area (Å²) in [4.78, 5) is 11.3. The summed E-state index contributed by atoms with van der Waals surface area (Å²) in [6.45, 7) is 9.66. The number of benzene rings is 1. The van der Waals surface area contributed by atoms with Crippen molar-refractivity contribution in [3.63, 3.8) is 0 Å². The van der Waals surface area contributed by atoms with Crippen LogP contribution in [0.15, 0.2) is 0 Å². The van der Waals surface area contributed by atoms with Gasteiger partial charge in [0.15, 0.2) is 0 Å². The minimum Gasteiger partial charge on any atom is -0.487 e. The Hall–Kier alpha value is -1.03. The SMILES string of the molecule is CC(=O)Oc1c(C)c(C)c2c(c1CBr)CCC(C)(C)O2. The third-order valence-corrected chi connectivity index (χ3v) is 4.45. The van der Waals surface area contributed by atoms with Crippen LogP contribution in [0.25, 0.3) is 0 Å². The second kappa shape index (κ2) is 5.40. The number of fused-ring (bicyclic) bond motifs is 1. The van der Waals surface area contributed by atoms with Gasteiger partial charge in [0.2, 0.25) is 0 Å². The van der Waals surface area contributed by atoms with Crippen LogP contribution in [0.3, 0.4) is 0 Å². The second-order valence-electron chi connectivity index (χ2n) is 5.95. The first kappa shape index (κ1) is 15.4. The largest absolute Gasteiger partial charge is 0.487 e. The third-order valence-electron chi connectivity index (χ3n) is 3.89. The van der Waals surface area contributed by atoms with E-state index in [2.05, 4.69) is 29.8 Å². The molecule has 0 unspecified atom stereocenters. The topological polar surface area (TPSA) is 35.5 Å². The smallest absolute Gasteiger partial charge is 0.308 e. The monoisotopic (exact) mass is 340 g/mol. The van der Waals surface area contributed by atoms with Crippen LogP contribution in [0, 0.1) is 13.8 Å². The van der Waals surface area contributed by atoms with Gasteiger partial charge in [-0.25, -0.2) is 0 Å². The standard InChI is InChI=1S/C16H21BrO3/c1-9-10(2)15-12(6-7-16(4,5)20-15)13(8-17)14(9)19-11(3)18/h6-8H2,1-5H3. The Morgan fingerprint density at radius 1 is 1.35 bits per heavy atom. The van der Waals surface area contributed by atoms with Crippen molar-refractivity contribution in [2.75, 3.05) is 0 Å². The summed E-state index contributed by atoms with van der Waals surface area (Å²) in [7, 11) is 0. The summed E-state index contributed by atoms with van der Waals surface area (Å²) in [5.74, 6) is 1.37. The molecule has 2 rings (SSSR count). The minimum absolute atomic E-state index is 0.142. The van der Waals surface area contributed by atoms with Gasteiger partial charge in [0, 0.05) is 23.4 Å². The molecular weight excluding hydrogens is 320 g/mol. The molecule has 1 aliphatic rings. The average molecular weight is 341 g/mol. The lowest BCUT2D eigenvalue weighted by Crippen LogP contribution is -2.33. The van der Waals surface area contributed by atoms with Crippen LogP contribution in [0.4, 0.5) is 0 Å². The van der Waals surface area contributed by atoms with Crippen LogP contribution in [0.2, 0.25) is 0 Å². The lowest BCUT2D eigenvalue weighted by molar-refractivity contribution is -0.132. The summed E-state index contributed by atoms with van der Waals surface area (Å²) >= 11 is 3.52. The molecule has 0 aromatic heterocycles. The van der Waals surface area contributed by atoms with Crippen LogP contribution in [0.5, 0.6) is 11.5 Å².